The van der Waals surface area contributed by atoms with Crippen LogP contribution in [0.25, 0.3) is 0 Å². The summed E-state index contributed by atoms with van der Waals surface area (Å²) in [6.07, 6.45) is 2.13. The van der Waals surface area contributed by atoms with Gasteiger partial charge in [0, 0.05) is 18.0 Å². The maximum atomic E-state index is 4.56. The van der Waals surface area contributed by atoms with Gasteiger partial charge in [-0.3, -0.25) is 0 Å². The van der Waals surface area contributed by atoms with Gasteiger partial charge in [-0.25, -0.2) is 4.98 Å². The molecule has 1 unspecified atom stereocenters. The standard InChI is InChI=1S/C13H18N2S2/c1-3-13-15-12(9-17-13)7-14-10(2)6-11-4-5-16-8-11/h4-5,8-10,14H,3,6-7H2,1-2H3. The molecule has 0 spiro atoms. The number of thiazole rings is 1. The molecular formula is C13H18N2S2. The third-order valence-electron chi connectivity index (χ3n) is 2.66. The first-order valence-electron chi connectivity index (χ1n) is 5.95. The zero-order valence-corrected chi connectivity index (χ0v) is 11.9. The van der Waals surface area contributed by atoms with Crippen LogP contribution in [0.1, 0.15) is 30.1 Å². The van der Waals surface area contributed by atoms with Gasteiger partial charge in [-0.1, -0.05) is 6.92 Å². The lowest BCUT2D eigenvalue weighted by Gasteiger charge is -2.11. The summed E-state index contributed by atoms with van der Waals surface area (Å²) in [5.41, 5.74) is 2.59. The number of hydrogen-bond donors (Lipinski definition) is 1. The van der Waals surface area contributed by atoms with Crippen molar-refractivity contribution in [1.29, 1.82) is 0 Å². The normalized spacial score (nSPS) is 12.8. The minimum atomic E-state index is 0.497. The highest BCUT2D eigenvalue weighted by Gasteiger charge is 2.05. The molecular weight excluding hydrogens is 248 g/mol. The van der Waals surface area contributed by atoms with Gasteiger partial charge < -0.3 is 5.32 Å². The van der Waals surface area contributed by atoms with Crippen LogP contribution in [0, 0.1) is 0 Å². The Kier molecular flexibility index (Phi) is 4.71. The van der Waals surface area contributed by atoms with Crippen LogP contribution in [-0.2, 0) is 19.4 Å². The molecule has 0 aliphatic carbocycles. The number of hydrogen-bond acceptors (Lipinski definition) is 4. The first-order chi connectivity index (χ1) is 8.28. The van der Waals surface area contributed by atoms with Crippen molar-refractivity contribution < 1.29 is 0 Å². The second-order valence-corrected chi connectivity index (χ2v) is 5.93. The van der Waals surface area contributed by atoms with Crippen molar-refractivity contribution in [2.75, 3.05) is 0 Å². The molecule has 1 N–H and O–H groups in total. The molecule has 17 heavy (non-hydrogen) atoms. The minimum Gasteiger partial charge on any atom is -0.308 e. The molecule has 2 aromatic rings. The molecule has 2 heterocycles. The lowest BCUT2D eigenvalue weighted by Crippen LogP contribution is -2.27. The number of aromatic nitrogens is 1. The summed E-state index contributed by atoms with van der Waals surface area (Å²) in [6.45, 7) is 5.25. The summed E-state index contributed by atoms with van der Waals surface area (Å²) in [7, 11) is 0. The Hall–Kier alpha value is -0.710. The molecule has 0 saturated carbocycles. The molecule has 2 nitrogen and oxygen atoms in total. The van der Waals surface area contributed by atoms with E-state index in [1.807, 2.05) is 0 Å². The SMILES string of the molecule is CCc1nc(CNC(C)Cc2ccsc2)cs1. The van der Waals surface area contributed by atoms with Gasteiger partial charge in [0.15, 0.2) is 0 Å². The summed E-state index contributed by atoms with van der Waals surface area (Å²) in [6, 6.07) is 2.69. The van der Waals surface area contributed by atoms with Crippen molar-refractivity contribution in [2.24, 2.45) is 0 Å². The molecule has 0 radical (unpaired) electrons. The van der Waals surface area contributed by atoms with E-state index in [-0.39, 0.29) is 0 Å². The maximum Gasteiger partial charge on any atom is 0.0926 e. The maximum absolute atomic E-state index is 4.56. The predicted molar refractivity (Wildman–Crippen MR) is 75.8 cm³/mol. The first kappa shape index (κ1) is 12.7. The van der Waals surface area contributed by atoms with Gasteiger partial charge >= 0.3 is 0 Å². The molecule has 0 saturated heterocycles. The Balaban J connectivity index is 1.77. The monoisotopic (exact) mass is 266 g/mol. The van der Waals surface area contributed by atoms with Gasteiger partial charge in [0.2, 0.25) is 0 Å². The van der Waals surface area contributed by atoms with Crippen molar-refractivity contribution in [1.82, 2.24) is 10.3 Å². The molecule has 92 valence electrons. The first-order valence-corrected chi connectivity index (χ1v) is 7.78. The smallest absolute Gasteiger partial charge is 0.0926 e. The summed E-state index contributed by atoms with van der Waals surface area (Å²) < 4.78 is 0. The molecule has 0 aliphatic rings. The summed E-state index contributed by atoms with van der Waals surface area (Å²) in [4.78, 5) is 4.56. The molecule has 2 aromatic heterocycles. The highest BCUT2D eigenvalue weighted by atomic mass is 32.1. The Morgan fingerprint density at radius 1 is 1.41 bits per heavy atom. The van der Waals surface area contributed by atoms with E-state index in [9.17, 15) is 0 Å². The lowest BCUT2D eigenvalue weighted by atomic mass is 10.1. The van der Waals surface area contributed by atoms with E-state index >= 15 is 0 Å². The average molecular weight is 266 g/mol. The molecule has 4 heteroatoms. The van der Waals surface area contributed by atoms with Crippen molar-refractivity contribution >= 4 is 22.7 Å². The lowest BCUT2D eigenvalue weighted by molar-refractivity contribution is 0.541. The molecule has 2 rings (SSSR count). The van der Waals surface area contributed by atoms with Gasteiger partial charge in [0.1, 0.15) is 0 Å². The van der Waals surface area contributed by atoms with Gasteiger partial charge in [-0.15, -0.1) is 11.3 Å². The van der Waals surface area contributed by atoms with Gasteiger partial charge in [0.25, 0.3) is 0 Å². The molecule has 0 aromatic carbocycles. The summed E-state index contributed by atoms with van der Waals surface area (Å²) in [5.74, 6) is 0. The van der Waals surface area contributed by atoms with Crippen LogP contribution in [-0.4, -0.2) is 11.0 Å². The molecule has 0 fully saturated rings. The van der Waals surface area contributed by atoms with Gasteiger partial charge in [-0.2, -0.15) is 11.3 Å². The highest BCUT2D eigenvalue weighted by molar-refractivity contribution is 7.09. The fourth-order valence-corrected chi connectivity index (χ4v) is 3.13. The topological polar surface area (TPSA) is 24.9 Å². The number of thiophene rings is 1. The average Bonchev–Trinajstić information content (AvgIpc) is 2.96. The number of aryl methyl sites for hydroxylation is 1. The van der Waals surface area contributed by atoms with E-state index in [1.54, 1.807) is 22.7 Å². The van der Waals surface area contributed by atoms with Crippen molar-refractivity contribution in [2.45, 2.75) is 39.3 Å². The van der Waals surface area contributed by atoms with Crippen molar-refractivity contribution in [3.8, 4) is 0 Å². The van der Waals surface area contributed by atoms with E-state index in [0.29, 0.717) is 6.04 Å². The third kappa shape index (κ3) is 3.91. The fourth-order valence-electron chi connectivity index (χ4n) is 1.71. The zero-order chi connectivity index (χ0) is 12.1. The number of nitrogens with zero attached hydrogens (tertiary/aromatic N) is 1. The summed E-state index contributed by atoms with van der Waals surface area (Å²) in [5, 5.41) is 11.3. The minimum absolute atomic E-state index is 0.497. The van der Waals surface area contributed by atoms with Crippen LogP contribution in [0.4, 0.5) is 0 Å². The second-order valence-electron chi connectivity index (χ2n) is 4.20. The highest BCUT2D eigenvalue weighted by Crippen LogP contribution is 2.11. The Morgan fingerprint density at radius 2 is 2.29 bits per heavy atom. The van der Waals surface area contributed by atoms with Crippen LogP contribution in [0.5, 0.6) is 0 Å². The molecule has 0 bridgehead atoms. The van der Waals surface area contributed by atoms with E-state index in [4.69, 9.17) is 0 Å². The fraction of sp³-hybridized carbons (Fsp3) is 0.462. The van der Waals surface area contributed by atoms with Gasteiger partial charge in [0.05, 0.1) is 10.7 Å². The van der Waals surface area contributed by atoms with Crippen molar-refractivity contribution in [3.05, 3.63) is 38.5 Å². The van der Waals surface area contributed by atoms with E-state index in [2.05, 4.69) is 46.4 Å². The second kappa shape index (κ2) is 6.28. The van der Waals surface area contributed by atoms with Crippen LogP contribution in [0.2, 0.25) is 0 Å². The van der Waals surface area contributed by atoms with Crippen LogP contribution < -0.4 is 5.32 Å². The molecule has 0 amide bonds. The Bertz CT molecular complexity index is 434. The number of nitrogens with one attached hydrogen (secondary N) is 1. The zero-order valence-electron chi connectivity index (χ0n) is 10.3. The Morgan fingerprint density at radius 3 is 2.94 bits per heavy atom. The quantitative estimate of drug-likeness (QED) is 0.866. The van der Waals surface area contributed by atoms with Crippen molar-refractivity contribution in [3.63, 3.8) is 0 Å². The van der Waals surface area contributed by atoms with Gasteiger partial charge in [-0.05, 0) is 42.2 Å². The Labute approximate surface area is 111 Å². The summed E-state index contributed by atoms with van der Waals surface area (Å²) >= 11 is 3.52. The third-order valence-corrected chi connectivity index (χ3v) is 4.43. The van der Waals surface area contributed by atoms with Crippen LogP contribution in [0.15, 0.2) is 22.2 Å². The van der Waals surface area contributed by atoms with E-state index in [0.717, 1.165) is 19.4 Å². The van der Waals surface area contributed by atoms with Crippen LogP contribution >= 0.6 is 22.7 Å². The molecule has 1 atom stereocenters. The largest absolute Gasteiger partial charge is 0.308 e. The van der Waals surface area contributed by atoms with E-state index < -0.39 is 0 Å². The van der Waals surface area contributed by atoms with E-state index in [1.165, 1.54) is 16.3 Å². The predicted octanol–water partition coefficient (Wildman–Crippen LogP) is 3.49. The molecule has 0 aliphatic heterocycles. The van der Waals surface area contributed by atoms with Crippen LogP contribution in [0.3, 0.4) is 0 Å². The number of rotatable bonds is 6.